The van der Waals surface area contributed by atoms with Crippen LogP contribution in [0.5, 0.6) is 0 Å². The van der Waals surface area contributed by atoms with Crippen molar-refractivity contribution in [2.24, 2.45) is 0 Å². The molecular weight excluding hydrogens is 211 g/mol. The largest absolute Gasteiger partial charge is 0.494 e. The third-order valence-corrected chi connectivity index (χ3v) is 2.01. The Kier molecular flexibility index (Phi) is 7.25. The summed E-state index contributed by atoms with van der Waals surface area (Å²) in [6.07, 6.45) is 3.76. The van der Waals surface area contributed by atoms with Crippen molar-refractivity contribution in [2.75, 3.05) is 6.61 Å². The van der Waals surface area contributed by atoms with Crippen molar-refractivity contribution in [3.63, 3.8) is 0 Å². The molecule has 0 aliphatic heterocycles. The van der Waals surface area contributed by atoms with Gasteiger partial charge in [0, 0.05) is 5.57 Å². The van der Waals surface area contributed by atoms with Gasteiger partial charge in [0.15, 0.2) is 0 Å². The number of carbonyl (C=O) groups is 1. The lowest BCUT2D eigenvalue weighted by Crippen LogP contribution is -2.07. The molecule has 3 nitrogen and oxygen atoms in total. The lowest BCUT2D eigenvalue weighted by Gasteiger charge is -2.16. The lowest BCUT2D eigenvalue weighted by molar-refractivity contribution is -0.134. The van der Waals surface area contributed by atoms with E-state index >= 15 is 0 Å². The number of halogens is 1. The van der Waals surface area contributed by atoms with E-state index in [4.69, 9.17) is 9.84 Å². The van der Waals surface area contributed by atoms with Crippen molar-refractivity contribution in [3.05, 3.63) is 23.2 Å². The monoisotopic (exact) mass is 230 g/mol. The van der Waals surface area contributed by atoms with Crippen LogP contribution in [0.15, 0.2) is 23.2 Å². The average molecular weight is 230 g/mol. The SMILES string of the molecule is CC.CCOC1=CCCC/C1=C(/F)C(=O)O. The normalized spacial score (nSPS) is 17.9. The van der Waals surface area contributed by atoms with Crippen molar-refractivity contribution in [1.82, 2.24) is 0 Å². The highest BCUT2D eigenvalue weighted by Crippen LogP contribution is 2.28. The molecule has 1 N–H and O–H groups in total. The van der Waals surface area contributed by atoms with E-state index in [1.165, 1.54) is 0 Å². The van der Waals surface area contributed by atoms with E-state index in [9.17, 15) is 9.18 Å². The molecule has 0 spiro atoms. The van der Waals surface area contributed by atoms with Crippen LogP contribution in [0.2, 0.25) is 0 Å². The summed E-state index contributed by atoms with van der Waals surface area (Å²) < 4.78 is 18.3. The number of aliphatic carboxylic acids is 1. The second-order valence-corrected chi connectivity index (χ2v) is 2.99. The van der Waals surface area contributed by atoms with Crippen LogP contribution in [-0.2, 0) is 9.53 Å². The van der Waals surface area contributed by atoms with Gasteiger partial charge < -0.3 is 9.84 Å². The number of ether oxygens (including phenoxy) is 1. The summed E-state index contributed by atoms with van der Waals surface area (Å²) >= 11 is 0. The van der Waals surface area contributed by atoms with Crippen molar-refractivity contribution in [3.8, 4) is 0 Å². The molecule has 0 aromatic carbocycles. The summed E-state index contributed by atoms with van der Waals surface area (Å²) in [5, 5.41) is 8.50. The van der Waals surface area contributed by atoms with E-state index in [0.717, 1.165) is 12.8 Å². The Morgan fingerprint density at radius 1 is 1.56 bits per heavy atom. The summed E-state index contributed by atoms with van der Waals surface area (Å²) in [5.41, 5.74) is 0.186. The van der Waals surface area contributed by atoms with Crippen molar-refractivity contribution < 1.29 is 19.0 Å². The fourth-order valence-corrected chi connectivity index (χ4v) is 1.41. The summed E-state index contributed by atoms with van der Waals surface area (Å²) in [5.74, 6) is -2.23. The number of carboxylic acid groups (broad SMARTS) is 1. The van der Waals surface area contributed by atoms with Crippen LogP contribution in [0.25, 0.3) is 0 Å². The predicted octanol–water partition coefficient (Wildman–Crippen LogP) is 3.43. The maximum Gasteiger partial charge on any atom is 0.365 e. The smallest absolute Gasteiger partial charge is 0.365 e. The van der Waals surface area contributed by atoms with E-state index in [1.807, 2.05) is 13.8 Å². The van der Waals surface area contributed by atoms with E-state index < -0.39 is 11.8 Å². The van der Waals surface area contributed by atoms with Gasteiger partial charge in [0.25, 0.3) is 0 Å². The molecule has 0 saturated carbocycles. The van der Waals surface area contributed by atoms with E-state index in [2.05, 4.69) is 0 Å². The first kappa shape index (κ1) is 14.7. The van der Waals surface area contributed by atoms with Gasteiger partial charge in [-0.3, -0.25) is 0 Å². The second kappa shape index (κ2) is 7.91. The number of hydrogen-bond acceptors (Lipinski definition) is 2. The van der Waals surface area contributed by atoms with Gasteiger partial charge in [-0.2, -0.15) is 4.39 Å². The van der Waals surface area contributed by atoms with E-state index in [0.29, 0.717) is 18.8 Å². The van der Waals surface area contributed by atoms with Gasteiger partial charge in [0.05, 0.1) is 6.61 Å². The minimum absolute atomic E-state index is 0.186. The molecule has 0 amide bonds. The minimum Gasteiger partial charge on any atom is -0.494 e. The minimum atomic E-state index is -1.52. The molecule has 0 unspecified atom stereocenters. The molecule has 92 valence electrons. The molecule has 1 aliphatic carbocycles. The van der Waals surface area contributed by atoms with Gasteiger partial charge >= 0.3 is 5.97 Å². The molecule has 0 bridgehead atoms. The summed E-state index contributed by atoms with van der Waals surface area (Å²) in [6, 6.07) is 0. The fraction of sp³-hybridized carbons (Fsp3) is 0.583. The number of carboxylic acids is 1. The van der Waals surface area contributed by atoms with Gasteiger partial charge in [-0.1, -0.05) is 13.8 Å². The Balaban J connectivity index is 0.00000106. The van der Waals surface area contributed by atoms with E-state index in [-0.39, 0.29) is 5.57 Å². The zero-order chi connectivity index (χ0) is 12.6. The Morgan fingerprint density at radius 2 is 2.19 bits per heavy atom. The number of hydrogen-bond donors (Lipinski definition) is 1. The Hall–Kier alpha value is -1.32. The zero-order valence-electron chi connectivity index (χ0n) is 10.0. The standard InChI is InChI=1S/C10H13FO3.C2H6/c1-2-14-8-6-4-3-5-7(8)9(11)10(12)13;1-2/h6H,2-5H2,1H3,(H,12,13);1-2H3/b9-7-;. The topological polar surface area (TPSA) is 46.5 Å². The van der Waals surface area contributed by atoms with Crippen molar-refractivity contribution >= 4 is 5.97 Å². The van der Waals surface area contributed by atoms with Crippen LogP contribution in [0.3, 0.4) is 0 Å². The second-order valence-electron chi connectivity index (χ2n) is 2.99. The van der Waals surface area contributed by atoms with Crippen LogP contribution in [-0.4, -0.2) is 17.7 Å². The molecular formula is C12H19FO3. The molecule has 1 rings (SSSR count). The molecule has 4 heteroatoms. The highest BCUT2D eigenvalue weighted by atomic mass is 19.1. The maximum absolute atomic E-state index is 13.1. The first-order valence-electron chi connectivity index (χ1n) is 5.62. The molecule has 0 aromatic heterocycles. The van der Waals surface area contributed by atoms with Crippen molar-refractivity contribution in [1.29, 1.82) is 0 Å². The molecule has 0 atom stereocenters. The quantitative estimate of drug-likeness (QED) is 0.755. The van der Waals surface area contributed by atoms with Gasteiger partial charge in [-0.05, 0) is 32.3 Å². The van der Waals surface area contributed by atoms with Crippen LogP contribution < -0.4 is 0 Å². The first-order valence-corrected chi connectivity index (χ1v) is 5.62. The fourth-order valence-electron chi connectivity index (χ4n) is 1.41. The third-order valence-electron chi connectivity index (χ3n) is 2.01. The summed E-state index contributed by atoms with van der Waals surface area (Å²) in [6.45, 7) is 6.20. The highest BCUT2D eigenvalue weighted by molar-refractivity contribution is 5.85. The number of allylic oxidation sites excluding steroid dienone is 2. The highest BCUT2D eigenvalue weighted by Gasteiger charge is 2.20. The molecule has 0 radical (unpaired) electrons. The zero-order valence-corrected chi connectivity index (χ0v) is 10.0. The number of rotatable bonds is 3. The molecule has 16 heavy (non-hydrogen) atoms. The predicted molar refractivity (Wildman–Crippen MR) is 60.7 cm³/mol. The van der Waals surface area contributed by atoms with Crippen LogP contribution in [0, 0.1) is 0 Å². The van der Waals surface area contributed by atoms with Gasteiger partial charge in [0.2, 0.25) is 5.83 Å². The van der Waals surface area contributed by atoms with Gasteiger partial charge in [-0.25, -0.2) is 4.79 Å². The average Bonchev–Trinajstić information content (AvgIpc) is 2.32. The third kappa shape index (κ3) is 4.04. The van der Waals surface area contributed by atoms with Crippen molar-refractivity contribution in [2.45, 2.75) is 40.0 Å². The molecule has 0 saturated heterocycles. The van der Waals surface area contributed by atoms with Crippen LogP contribution in [0.1, 0.15) is 40.0 Å². The van der Waals surface area contributed by atoms with Gasteiger partial charge in [0.1, 0.15) is 5.76 Å². The molecule has 0 fully saturated rings. The molecule has 0 heterocycles. The maximum atomic E-state index is 13.1. The Bertz CT molecular complexity index is 293. The lowest BCUT2D eigenvalue weighted by atomic mass is 9.99. The van der Waals surface area contributed by atoms with Crippen LogP contribution in [0.4, 0.5) is 4.39 Å². The molecule has 0 aromatic rings. The Labute approximate surface area is 95.6 Å². The molecule has 1 aliphatic rings. The summed E-state index contributed by atoms with van der Waals surface area (Å²) in [4.78, 5) is 10.4. The Morgan fingerprint density at radius 3 is 2.69 bits per heavy atom. The first-order chi connectivity index (χ1) is 7.66. The van der Waals surface area contributed by atoms with E-state index in [1.54, 1.807) is 13.0 Å². The van der Waals surface area contributed by atoms with Gasteiger partial charge in [-0.15, -0.1) is 0 Å². The van der Waals surface area contributed by atoms with Crippen LogP contribution >= 0.6 is 0 Å². The summed E-state index contributed by atoms with van der Waals surface area (Å²) in [7, 11) is 0.